The van der Waals surface area contributed by atoms with Crippen molar-refractivity contribution in [1.82, 2.24) is 0 Å². The number of amides is 1. The first kappa shape index (κ1) is 21.6. The van der Waals surface area contributed by atoms with Crippen molar-refractivity contribution in [3.63, 3.8) is 0 Å². The number of halogens is 2. The van der Waals surface area contributed by atoms with Crippen LogP contribution < -0.4 is 5.73 Å². The molecule has 2 rings (SSSR count). The maximum atomic E-state index is 14.4. The quantitative estimate of drug-likeness (QED) is 0.300. The number of ether oxygens (including phenoxy) is 1. The van der Waals surface area contributed by atoms with E-state index in [1.807, 2.05) is 6.92 Å². The summed E-state index contributed by atoms with van der Waals surface area (Å²) in [6, 6.07) is 2.49. The molecule has 5 nitrogen and oxygen atoms in total. The lowest BCUT2D eigenvalue weighted by molar-refractivity contribution is -0.113. The van der Waals surface area contributed by atoms with Crippen LogP contribution in [-0.2, 0) is 22.4 Å². The molecule has 7 heteroatoms. The summed E-state index contributed by atoms with van der Waals surface area (Å²) >= 11 is 0. The number of carbonyl (C=O) groups excluding carboxylic acids is 1. The Hall–Kier alpha value is -2.70. The molecule has 1 aromatic rings. The minimum absolute atomic E-state index is 0.0884. The van der Waals surface area contributed by atoms with Crippen LogP contribution in [0.4, 0.5) is 8.78 Å². The first-order valence-electron chi connectivity index (χ1n) is 9.39. The van der Waals surface area contributed by atoms with Gasteiger partial charge < -0.3 is 15.6 Å². The highest BCUT2D eigenvalue weighted by atomic mass is 19.1. The van der Waals surface area contributed by atoms with Crippen LogP contribution in [-0.4, -0.2) is 23.0 Å². The summed E-state index contributed by atoms with van der Waals surface area (Å²) in [6.45, 7) is 1.83. The molecule has 152 valence electrons. The van der Waals surface area contributed by atoms with E-state index in [0.717, 1.165) is 31.8 Å². The number of hydrogen-bond donors (Lipinski definition) is 2. The van der Waals surface area contributed by atoms with Gasteiger partial charge in [0.2, 0.25) is 5.91 Å². The fraction of sp³-hybridized carbons (Fsp3) is 0.429. The second-order valence-corrected chi connectivity index (χ2v) is 6.78. The number of nitrogens with zero attached hydrogens (tertiary/aromatic N) is 1. The smallest absolute Gasteiger partial charge is 0.244 e. The summed E-state index contributed by atoms with van der Waals surface area (Å²) < 4.78 is 34.7. The lowest BCUT2D eigenvalue weighted by Crippen LogP contribution is -2.17. The van der Waals surface area contributed by atoms with Gasteiger partial charge in [0.15, 0.2) is 5.90 Å². The van der Waals surface area contributed by atoms with Crippen LogP contribution in [0.1, 0.15) is 50.2 Å². The zero-order chi connectivity index (χ0) is 20.5. The third kappa shape index (κ3) is 6.79. The molecule has 0 atom stereocenters. The van der Waals surface area contributed by atoms with Gasteiger partial charge in [0, 0.05) is 30.7 Å². The Morgan fingerprint density at radius 1 is 1.32 bits per heavy atom. The van der Waals surface area contributed by atoms with E-state index in [1.54, 1.807) is 12.3 Å². The summed E-state index contributed by atoms with van der Waals surface area (Å²) in [5.74, 6) is -2.13. The second kappa shape index (κ2) is 10.6. The highest BCUT2D eigenvalue weighted by molar-refractivity contribution is 5.86. The van der Waals surface area contributed by atoms with Crippen molar-refractivity contribution in [3.8, 4) is 0 Å². The Labute approximate surface area is 163 Å². The predicted octanol–water partition coefficient (Wildman–Crippen LogP) is 4.26. The molecule has 0 bridgehead atoms. The number of allylic oxidation sites excluding steroid dienone is 2. The zero-order valence-electron chi connectivity index (χ0n) is 16.0. The van der Waals surface area contributed by atoms with Crippen molar-refractivity contribution in [2.24, 2.45) is 10.7 Å². The minimum Gasteiger partial charge on any atom is -0.512 e. The number of rotatable bonds is 8. The third-order valence-electron chi connectivity index (χ3n) is 4.47. The van der Waals surface area contributed by atoms with Crippen molar-refractivity contribution in [2.75, 3.05) is 0 Å². The number of carbonyl (C=O) groups is 1. The summed E-state index contributed by atoms with van der Waals surface area (Å²) in [4.78, 5) is 15.0. The number of nitrogens with two attached hydrogens (primary N) is 1. The van der Waals surface area contributed by atoms with Crippen LogP contribution in [0.2, 0.25) is 0 Å². The lowest BCUT2D eigenvalue weighted by atomic mass is 10.0. The van der Waals surface area contributed by atoms with E-state index < -0.39 is 17.5 Å². The molecule has 1 amide bonds. The Kier molecular flexibility index (Phi) is 8.17. The molecule has 3 N–H and O–H groups in total. The molecule has 1 aliphatic rings. The number of aliphatic imine (C=N–C) groups is 1. The third-order valence-corrected chi connectivity index (χ3v) is 4.47. The van der Waals surface area contributed by atoms with Crippen molar-refractivity contribution in [2.45, 2.75) is 58.0 Å². The van der Waals surface area contributed by atoms with Gasteiger partial charge in [-0.1, -0.05) is 6.08 Å². The molecule has 0 spiro atoms. The van der Waals surface area contributed by atoms with Crippen LogP contribution in [0.5, 0.6) is 0 Å². The molecule has 0 aromatic heterocycles. The molecule has 0 aliphatic heterocycles. The van der Waals surface area contributed by atoms with Crippen molar-refractivity contribution in [3.05, 3.63) is 59.0 Å². The molecule has 1 aromatic carbocycles. The molecular weight excluding hydrogens is 366 g/mol. The Morgan fingerprint density at radius 3 is 2.54 bits per heavy atom. The average Bonchev–Trinajstić information content (AvgIpc) is 3.11. The van der Waals surface area contributed by atoms with Gasteiger partial charge in [-0.3, -0.25) is 4.79 Å². The second-order valence-electron chi connectivity index (χ2n) is 6.78. The van der Waals surface area contributed by atoms with E-state index in [9.17, 15) is 18.7 Å². The fourth-order valence-corrected chi connectivity index (χ4v) is 3.13. The lowest BCUT2D eigenvalue weighted by Gasteiger charge is -2.15. The number of hydrogen-bond acceptors (Lipinski definition) is 4. The van der Waals surface area contributed by atoms with Crippen molar-refractivity contribution >= 4 is 11.8 Å². The maximum absolute atomic E-state index is 14.4. The average molecular weight is 392 g/mol. The van der Waals surface area contributed by atoms with Gasteiger partial charge in [0.25, 0.3) is 0 Å². The molecule has 1 aliphatic carbocycles. The Balaban J connectivity index is 2.11. The first-order valence-corrected chi connectivity index (χ1v) is 9.39. The molecule has 28 heavy (non-hydrogen) atoms. The van der Waals surface area contributed by atoms with Gasteiger partial charge in [0.05, 0.1) is 5.76 Å². The summed E-state index contributed by atoms with van der Waals surface area (Å²) in [5, 5.41) is 9.53. The van der Waals surface area contributed by atoms with E-state index in [4.69, 9.17) is 10.5 Å². The van der Waals surface area contributed by atoms with Gasteiger partial charge in [0.1, 0.15) is 17.7 Å². The highest BCUT2D eigenvalue weighted by Gasteiger charge is 2.19. The maximum Gasteiger partial charge on any atom is 0.244 e. The van der Waals surface area contributed by atoms with E-state index in [0.29, 0.717) is 11.5 Å². The van der Waals surface area contributed by atoms with Crippen LogP contribution >= 0.6 is 0 Å². The van der Waals surface area contributed by atoms with Crippen LogP contribution in [0, 0.1) is 11.6 Å². The number of aliphatic hydroxyl groups is 1. The van der Waals surface area contributed by atoms with E-state index >= 15 is 0 Å². The van der Waals surface area contributed by atoms with Crippen LogP contribution in [0.15, 0.2) is 41.2 Å². The molecule has 0 saturated heterocycles. The van der Waals surface area contributed by atoms with Crippen molar-refractivity contribution < 1.29 is 23.4 Å². The summed E-state index contributed by atoms with van der Waals surface area (Å²) in [7, 11) is 0. The summed E-state index contributed by atoms with van der Waals surface area (Å²) in [5.41, 5.74) is 5.19. The Bertz CT molecular complexity index is 759. The van der Waals surface area contributed by atoms with Crippen LogP contribution in [0.25, 0.3) is 0 Å². The largest absolute Gasteiger partial charge is 0.512 e. The zero-order valence-corrected chi connectivity index (χ0v) is 16.0. The SMILES string of the molecule is C/C=C\N=C(/Cc1cc(F)c(CC/C(O)=C/C(N)=O)c(F)c1)OC1CCCC1. The number of aliphatic hydroxyl groups excluding tert-OH is 1. The number of benzene rings is 1. The van der Waals surface area contributed by atoms with Gasteiger partial charge in [-0.2, -0.15) is 0 Å². The molecule has 1 fully saturated rings. The van der Waals surface area contributed by atoms with E-state index in [-0.39, 0.29) is 36.7 Å². The van der Waals surface area contributed by atoms with Gasteiger partial charge in [-0.15, -0.1) is 0 Å². The van der Waals surface area contributed by atoms with Gasteiger partial charge in [-0.05, 0) is 56.7 Å². The number of primary amides is 1. The minimum atomic E-state index is -0.816. The van der Waals surface area contributed by atoms with Crippen LogP contribution in [0.3, 0.4) is 0 Å². The van der Waals surface area contributed by atoms with Crippen molar-refractivity contribution in [1.29, 1.82) is 0 Å². The van der Waals surface area contributed by atoms with Gasteiger partial charge >= 0.3 is 0 Å². The van der Waals surface area contributed by atoms with Gasteiger partial charge in [-0.25, -0.2) is 13.8 Å². The topological polar surface area (TPSA) is 84.9 Å². The Morgan fingerprint density at radius 2 is 1.96 bits per heavy atom. The summed E-state index contributed by atoms with van der Waals surface area (Å²) in [6.07, 6.45) is 8.41. The molecule has 0 unspecified atom stereocenters. The predicted molar refractivity (Wildman–Crippen MR) is 104 cm³/mol. The highest BCUT2D eigenvalue weighted by Crippen LogP contribution is 2.23. The van der Waals surface area contributed by atoms with E-state index in [2.05, 4.69) is 4.99 Å². The molecular formula is C21H26F2N2O3. The molecule has 0 heterocycles. The first-order chi connectivity index (χ1) is 13.4. The molecule has 0 radical (unpaired) electrons. The molecule has 1 saturated carbocycles. The van der Waals surface area contributed by atoms with E-state index in [1.165, 1.54) is 12.1 Å². The standard InChI is InChI=1S/C21H26F2N2O3/c1-2-9-25-21(28-16-5-3-4-6-16)12-14-10-18(22)17(19(23)11-14)8-7-15(26)13-20(24)27/h2,9-11,13,16,26H,3-8,12H2,1H3,(H2,24,27)/b9-2-,15-13-,25-21+. The monoisotopic (exact) mass is 392 g/mol. The normalized spacial score (nSPS) is 16.1. The fourth-order valence-electron chi connectivity index (χ4n) is 3.13.